The molecule has 0 aliphatic heterocycles. The van der Waals surface area contributed by atoms with Crippen molar-refractivity contribution in [2.45, 2.75) is 53.2 Å². The molecular formula is C10H24O4. The Morgan fingerprint density at radius 3 is 1.64 bits per heavy atom. The molecule has 0 heterocycles. The van der Waals surface area contributed by atoms with Crippen LogP contribution in [0.3, 0.4) is 0 Å². The molecule has 0 amide bonds. The SMILES string of the molecule is CCCOO.C[C@H](O)[C@@H](O)C(C)(C)C. The summed E-state index contributed by atoms with van der Waals surface area (Å²) in [5.74, 6) is 0. The van der Waals surface area contributed by atoms with Crippen LogP contribution < -0.4 is 0 Å². The smallest absolute Gasteiger partial charge is 0.0844 e. The predicted octanol–water partition coefficient (Wildman–Crippen LogP) is 1.66. The molecule has 0 spiro atoms. The van der Waals surface area contributed by atoms with Crippen LogP contribution in [0.1, 0.15) is 41.0 Å². The molecule has 0 aliphatic carbocycles. The van der Waals surface area contributed by atoms with Gasteiger partial charge in [-0.25, -0.2) is 4.89 Å². The molecule has 4 heteroatoms. The fourth-order valence-electron chi connectivity index (χ4n) is 0.815. The molecule has 3 N–H and O–H groups in total. The van der Waals surface area contributed by atoms with Gasteiger partial charge in [-0.3, -0.25) is 5.26 Å². The lowest BCUT2D eigenvalue weighted by Crippen LogP contribution is -2.35. The van der Waals surface area contributed by atoms with Gasteiger partial charge in [0, 0.05) is 0 Å². The second-order valence-electron chi connectivity index (χ2n) is 4.38. The minimum atomic E-state index is -0.634. The van der Waals surface area contributed by atoms with Gasteiger partial charge in [-0.05, 0) is 18.8 Å². The fourth-order valence-corrected chi connectivity index (χ4v) is 0.815. The van der Waals surface area contributed by atoms with Crippen molar-refractivity contribution in [1.29, 1.82) is 0 Å². The minimum absolute atomic E-state index is 0.214. The van der Waals surface area contributed by atoms with Crippen LogP contribution in [0.4, 0.5) is 0 Å². The molecule has 0 aromatic heterocycles. The van der Waals surface area contributed by atoms with Crippen molar-refractivity contribution in [1.82, 2.24) is 0 Å². The molecule has 0 aromatic carbocycles. The lowest BCUT2D eigenvalue weighted by molar-refractivity contribution is -0.241. The Bertz CT molecular complexity index is 116. The molecule has 0 saturated carbocycles. The van der Waals surface area contributed by atoms with Crippen molar-refractivity contribution < 1.29 is 20.4 Å². The van der Waals surface area contributed by atoms with Crippen LogP contribution in [-0.4, -0.2) is 34.3 Å². The van der Waals surface area contributed by atoms with E-state index in [1.165, 1.54) is 0 Å². The molecule has 0 bridgehead atoms. The molecule has 4 nitrogen and oxygen atoms in total. The first kappa shape index (κ1) is 16.3. The molecule has 0 rings (SSSR count). The number of hydrogen-bond donors (Lipinski definition) is 3. The van der Waals surface area contributed by atoms with Gasteiger partial charge >= 0.3 is 0 Å². The first-order chi connectivity index (χ1) is 6.27. The molecule has 2 atom stereocenters. The van der Waals surface area contributed by atoms with Gasteiger partial charge in [-0.15, -0.1) is 0 Å². The Kier molecular flexibility index (Phi) is 9.50. The highest BCUT2D eigenvalue weighted by atomic mass is 17.1. The Labute approximate surface area is 86.5 Å². The summed E-state index contributed by atoms with van der Waals surface area (Å²) < 4.78 is 0. The Balaban J connectivity index is 0. The van der Waals surface area contributed by atoms with Gasteiger partial charge in [-0.2, -0.15) is 0 Å². The second-order valence-corrected chi connectivity index (χ2v) is 4.38. The van der Waals surface area contributed by atoms with Crippen LogP contribution in [-0.2, 0) is 4.89 Å². The predicted molar refractivity (Wildman–Crippen MR) is 56.0 cm³/mol. The molecule has 0 radical (unpaired) electrons. The normalized spacial score (nSPS) is 15.4. The third kappa shape index (κ3) is 9.92. The summed E-state index contributed by atoms with van der Waals surface area (Å²) in [5, 5.41) is 25.7. The summed E-state index contributed by atoms with van der Waals surface area (Å²) in [5.41, 5.74) is -0.214. The van der Waals surface area contributed by atoms with Crippen LogP contribution in [0.2, 0.25) is 0 Å². The quantitative estimate of drug-likeness (QED) is 0.487. The lowest BCUT2D eigenvalue weighted by Gasteiger charge is -2.27. The van der Waals surface area contributed by atoms with E-state index >= 15 is 0 Å². The van der Waals surface area contributed by atoms with E-state index in [-0.39, 0.29) is 5.41 Å². The maximum absolute atomic E-state index is 9.21. The van der Waals surface area contributed by atoms with Gasteiger partial charge in [0.05, 0.1) is 18.8 Å². The van der Waals surface area contributed by atoms with Crippen molar-refractivity contribution in [3.05, 3.63) is 0 Å². The molecule has 0 aliphatic rings. The monoisotopic (exact) mass is 208 g/mol. The summed E-state index contributed by atoms with van der Waals surface area (Å²) in [6, 6.07) is 0. The van der Waals surface area contributed by atoms with Gasteiger partial charge in [0.1, 0.15) is 0 Å². The van der Waals surface area contributed by atoms with Gasteiger partial charge in [0.25, 0.3) is 0 Å². The average Bonchev–Trinajstić information content (AvgIpc) is 2.04. The molecule has 0 fully saturated rings. The van der Waals surface area contributed by atoms with Gasteiger partial charge < -0.3 is 10.2 Å². The Morgan fingerprint density at radius 1 is 1.21 bits per heavy atom. The molecule has 14 heavy (non-hydrogen) atoms. The fraction of sp³-hybridized carbons (Fsp3) is 1.00. The number of aliphatic hydroxyl groups is 2. The Hall–Kier alpha value is -0.160. The summed E-state index contributed by atoms with van der Waals surface area (Å²) in [6.07, 6.45) is -0.390. The third-order valence-corrected chi connectivity index (χ3v) is 1.64. The zero-order valence-electron chi connectivity index (χ0n) is 9.82. The van der Waals surface area contributed by atoms with Crippen molar-refractivity contribution in [2.24, 2.45) is 5.41 Å². The highest BCUT2D eigenvalue weighted by molar-refractivity contribution is 4.76. The number of rotatable bonds is 3. The summed E-state index contributed by atoms with van der Waals surface area (Å²) >= 11 is 0. The summed E-state index contributed by atoms with van der Waals surface area (Å²) in [6.45, 7) is 9.64. The van der Waals surface area contributed by atoms with Crippen molar-refractivity contribution in [3.8, 4) is 0 Å². The molecule has 0 aromatic rings. The molecular weight excluding hydrogens is 184 g/mol. The maximum Gasteiger partial charge on any atom is 0.0844 e. The summed E-state index contributed by atoms with van der Waals surface area (Å²) in [7, 11) is 0. The van der Waals surface area contributed by atoms with E-state index in [0.717, 1.165) is 6.42 Å². The van der Waals surface area contributed by atoms with Crippen LogP contribution in [0.5, 0.6) is 0 Å². The zero-order valence-corrected chi connectivity index (χ0v) is 9.82. The van der Waals surface area contributed by atoms with E-state index in [9.17, 15) is 5.11 Å². The number of aliphatic hydroxyl groups excluding tert-OH is 2. The molecule has 88 valence electrons. The van der Waals surface area contributed by atoms with Crippen LogP contribution in [0.15, 0.2) is 0 Å². The molecule has 0 saturated heterocycles. The first-order valence-electron chi connectivity index (χ1n) is 4.89. The number of hydrogen-bond acceptors (Lipinski definition) is 4. The Morgan fingerprint density at radius 2 is 1.64 bits per heavy atom. The zero-order chi connectivity index (χ0) is 11.8. The lowest BCUT2D eigenvalue weighted by atomic mass is 9.86. The van der Waals surface area contributed by atoms with E-state index in [1.54, 1.807) is 6.92 Å². The van der Waals surface area contributed by atoms with E-state index in [1.807, 2.05) is 27.7 Å². The van der Waals surface area contributed by atoms with Crippen LogP contribution in [0, 0.1) is 5.41 Å². The maximum atomic E-state index is 9.21. The van der Waals surface area contributed by atoms with Crippen molar-refractivity contribution in [2.75, 3.05) is 6.61 Å². The van der Waals surface area contributed by atoms with E-state index in [0.29, 0.717) is 6.61 Å². The van der Waals surface area contributed by atoms with Gasteiger partial charge in [0.2, 0.25) is 0 Å². The van der Waals surface area contributed by atoms with Crippen LogP contribution in [0.25, 0.3) is 0 Å². The topological polar surface area (TPSA) is 69.9 Å². The van der Waals surface area contributed by atoms with E-state index in [4.69, 9.17) is 10.4 Å². The van der Waals surface area contributed by atoms with Crippen molar-refractivity contribution >= 4 is 0 Å². The largest absolute Gasteiger partial charge is 0.391 e. The summed E-state index contributed by atoms with van der Waals surface area (Å²) in [4.78, 5) is 3.69. The first-order valence-corrected chi connectivity index (χ1v) is 4.89. The standard InChI is InChI=1S/C7H16O2.C3H8O2/c1-5(8)6(9)7(2,3)4;1-2-3-5-4/h5-6,8-9H,1-4H3;4H,2-3H2,1H3/t5-,6+;/m0./s1. The highest BCUT2D eigenvalue weighted by Crippen LogP contribution is 2.21. The second kappa shape index (κ2) is 8.17. The van der Waals surface area contributed by atoms with Crippen molar-refractivity contribution in [3.63, 3.8) is 0 Å². The average molecular weight is 208 g/mol. The van der Waals surface area contributed by atoms with Gasteiger partial charge in [-0.1, -0.05) is 27.7 Å². The van der Waals surface area contributed by atoms with E-state index < -0.39 is 12.2 Å². The third-order valence-electron chi connectivity index (χ3n) is 1.64. The van der Waals surface area contributed by atoms with E-state index in [2.05, 4.69) is 4.89 Å². The molecule has 0 unspecified atom stereocenters. The van der Waals surface area contributed by atoms with Gasteiger partial charge in [0.15, 0.2) is 0 Å². The van der Waals surface area contributed by atoms with Crippen LogP contribution >= 0.6 is 0 Å². The minimum Gasteiger partial charge on any atom is -0.391 e. The highest BCUT2D eigenvalue weighted by Gasteiger charge is 2.25.